The average molecular weight is 501 g/mol. The van der Waals surface area contributed by atoms with E-state index in [-0.39, 0.29) is 30.1 Å². The standard InChI is InChI=1S/C20H18F3N3O7S/c21-20(22,23)33-14-1-3-15(4-2-14)34(31,32)26-7-5-12(6-8-26)13-9-16(27)18(24-10-13)19(30)25-11-17(28)29/h1-5,9-10,27H,6-8,11H2,(H,25,30)(H,28,29). The van der Waals surface area contributed by atoms with Crippen molar-refractivity contribution in [3.05, 3.63) is 53.9 Å². The normalized spacial score (nSPS) is 14.9. The predicted molar refractivity (Wildman–Crippen MR) is 110 cm³/mol. The Balaban J connectivity index is 1.70. The Labute approximate surface area is 191 Å². The van der Waals surface area contributed by atoms with E-state index in [2.05, 4.69) is 15.0 Å². The van der Waals surface area contributed by atoms with Gasteiger partial charge in [-0.3, -0.25) is 9.59 Å². The summed E-state index contributed by atoms with van der Waals surface area (Å²) in [7, 11) is -3.98. The molecule has 1 amide bonds. The van der Waals surface area contributed by atoms with Crippen LogP contribution in [0.25, 0.3) is 5.57 Å². The van der Waals surface area contributed by atoms with Crippen LogP contribution in [0.2, 0.25) is 0 Å². The predicted octanol–water partition coefficient (Wildman–Crippen LogP) is 1.98. The van der Waals surface area contributed by atoms with Gasteiger partial charge in [0, 0.05) is 19.3 Å². The molecule has 2 heterocycles. The second-order valence-electron chi connectivity index (χ2n) is 7.03. The minimum absolute atomic E-state index is 0.0416. The summed E-state index contributed by atoms with van der Waals surface area (Å²) < 4.78 is 67.3. The lowest BCUT2D eigenvalue weighted by Crippen LogP contribution is -2.34. The number of halogens is 3. The van der Waals surface area contributed by atoms with E-state index in [0.717, 1.165) is 28.6 Å². The number of rotatable bonds is 7. The molecule has 0 radical (unpaired) electrons. The number of carbonyl (C=O) groups is 2. The highest BCUT2D eigenvalue weighted by molar-refractivity contribution is 7.89. The molecule has 34 heavy (non-hydrogen) atoms. The number of nitrogens with zero attached hydrogens (tertiary/aromatic N) is 2. The maximum Gasteiger partial charge on any atom is 0.573 e. The fourth-order valence-electron chi connectivity index (χ4n) is 3.14. The number of sulfonamides is 1. The lowest BCUT2D eigenvalue weighted by molar-refractivity contribution is -0.274. The van der Waals surface area contributed by atoms with Gasteiger partial charge in [0.25, 0.3) is 5.91 Å². The molecule has 0 bridgehead atoms. The van der Waals surface area contributed by atoms with E-state index in [1.807, 2.05) is 0 Å². The first-order chi connectivity index (χ1) is 15.9. The number of pyridine rings is 1. The molecule has 1 aromatic carbocycles. The van der Waals surface area contributed by atoms with E-state index in [1.165, 1.54) is 12.3 Å². The molecule has 182 valence electrons. The van der Waals surface area contributed by atoms with Crippen LogP contribution in [0.1, 0.15) is 22.5 Å². The fraction of sp³-hybridized carbons (Fsp3) is 0.250. The molecule has 0 aliphatic carbocycles. The molecule has 0 atom stereocenters. The summed E-state index contributed by atoms with van der Waals surface area (Å²) in [5.74, 6) is -3.15. The number of ether oxygens (including phenoxy) is 1. The number of hydrogen-bond donors (Lipinski definition) is 3. The summed E-state index contributed by atoms with van der Waals surface area (Å²) >= 11 is 0. The average Bonchev–Trinajstić information content (AvgIpc) is 2.76. The maximum atomic E-state index is 12.8. The first kappa shape index (κ1) is 25.0. The van der Waals surface area contributed by atoms with Crippen LogP contribution in [0.3, 0.4) is 0 Å². The van der Waals surface area contributed by atoms with Crippen LogP contribution in [0.5, 0.6) is 11.5 Å². The third kappa shape index (κ3) is 6.02. The topological polar surface area (TPSA) is 146 Å². The van der Waals surface area contributed by atoms with Crippen LogP contribution in [0.15, 0.2) is 47.5 Å². The SMILES string of the molecule is O=C(O)CNC(=O)c1ncc(C2=CCN(S(=O)(=O)c3ccc(OC(F)(F)F)cc3)CC2)cc1O. The molecular formula is C20H18F3N3O7S. The van der Waals surface area contributed by atoms with Gasteiger partial charge in [-0.1, -0.05) is 6.08 Å². The number of benzene rings is 1. The Kier molecular flexibility index (Phi) is 7.12. The summed E-state index contributed by atoms with van der Waals surface area (Å²) in [6.45, 7) is -0.633. The van der Waals surface area contributed by atoms with Crippen molar-refractivity contribution in [2.24, 2.45) is 0 Å². The van der Waals surface area contributed by atoms with Crippen molar-refractivity contribution in [2.45, 2.75) is 17.7 Å². The van der Waals surface area contributed by atoms with Gasteiger partial charge < -0.3 is 20.3 Å². The van der Waals surface area contributed by atoms with Crippen LogP contribution < -0.4 is 10.1 Å². The molecule has 0 unspecified atom stereocenters. The van der Waals surface area contributed by atoms with Gasteiger partial charge in [-0.25, -0.2) is 13.4 Å². The number of carbonyl (C=O) groups excluding carboxylic acids is 1. The van der Waals surface area contributed by atoms with Gasteiger partial charge >= 0.3 is 12.3 Å². The fourth-order valence-corrected chi connectivity index (χ4v) is 4.52. The molecule has 10 nitrogen and oxygen atoms in total. The number of aromatic hydroxyl groups is 1. The van der Waals surface area contributed by atoms with Gasteiger partial charge in [0.2, 0.25) is 10.0 Å². The number of amides is 1. The van der Waals surface area contributed by atoms with Gasteiger partial charge in [-0.05, 0) is 47.9 Å². The number of nitrogens with one attached hydrogen (secondary N) is 1. The molecule has 14 heteroatoms. The van der Waals surface area contributed by atoms with Crippen molar-refractivity contribution in [3.63, 3.8) is 0 Å². The number of carboxylic acid groups (broad SMARTS) is 1. The minimum Gasteiger partial charge on any atom is -0.505 e. The van der Waals surface area contributed by atoms with Crippen molar-refractivity contribution in [1.82, 2.24) is 14.6 Å². The van der Waals surface area contributed by atoms with E-state index >= 15 is 0 Å². The number of aliphatic carboxylic acids is 1. The summed E-state index contributed by atoms with van der Waals surface area (Å²) in [5.41, 5.74) is 0.738. The Morgan fingerprint density at radius 1 is 1.21 bits per heavy atom. The first-order valence-electron chi connectivity index (χ1n) is 9.61. The van der Waals surface area contributed by atoms with E-state index in [4.69, 9.17) is 5.11 Å². The zero-order valence-corrected chi connectivity index (χ0v) is 18.1. The Hall–Kier alpha value is -3.65. The van der Waals surface area contributed by atoms with Crippen LogP contribution in [-0.4, -0.2) is 65.8 Å². The summed E-state index contributed by atoms with van der Waals surface area (Å²) in [6.07, 6.45) is -1.77. The third-order valence-electron chi connectivity index (χ3n) is 4.72. The summed E-state index contributed by atoms with van der Waals surface area (Å²) in [5, 5.41) is 20.8. The van der Waals surface area contributed by atoms with Gasteiger partial charge in [0.1, 0.15) is 18.0 Å². The second kappa shape index (κ2) is 9.69. The highest BCUT2D eigenvalue weighted by Gasteiger charge is 2.32. The second-order valence-corrected chi connectivity index (χ2v) is 8.97. The van der Waals surface area contributed by atoms with Crippen LogP contribution in [-0.2, 0) is 14.8 Å². The van der Waals surface area contributed by atoms with Gasteiger partial charge in [-0.15, -0.1) is 13.2 Å². The molecule has 1 aromatic heterocycles. The number of carboxylic acids is 1. The number of hydrogen-bond acceptors (Lipinski definition) is 7. The monoisotopic (exact) mass is 501 g/mol. The van der Waals surface area contributed by atoms with E-state index < -0.39 is 46.3 Å². The zero-order valence-electron chi connectivity index (χ0n) is 17.2. The van der Waals surface area contributed by atoms with Crippen LogP contribution >= 0.6 is 0 Å². The molecular weight excluding hydrogens is 483 g/mol. The third-order valence-corrected chi connectivity index (χ3v) is 6.60. The molecule has 2 aromatic rings. The summed E-state index contributed by atoms with van der Waals surface area (Å²) in [6, 6.07) is 5.12. The molecule has 1 aliphatic heterocycles. The minimum atomic E-state index is -4.89. The van der Waals surface area contributed by atoms with Gasteiger partial charge in [0.15, 0.2) is 5.69 Å². The lowest BCUT2D eigenvalue weighted by atomic mass is 10.0. The molecule has 0 saturated carbocycles. The van der Waals surface area contributed by atoms with E-state index in [9.17, 15) is 36.3 Å². The van der Waals surface area contributed by atoms with Crippen LogP contribution in [0.4, 0.5) is 13.2 Å². The molecule has 1 aliphatic rings. The smallest absolute Gasteiger partial charge is 0.505 e. The Morgan fingerprint density at radius 3 is 2.41 bits per heavy atom. The lowest BCUT2D eigenvalue weighted by Gasteiger charge is -2.26. The highest BCUT2D eigenvalue weighted by Crippen LogP contribution is 2.29. The highest BCUT2D eigenvalue weighted by atomic mass is 32.2. The zero-order chi connectivity index (χ0) is 25.1. The molecule has 3 rings (SSSR count). The maximum absolute atomic E-state index is 12.8. The Morgan fingerprint density at radius 2 is 1.88 bits per heavy atom. The molecule has 3 N–H and O–H groups in total. The van der Waals surface area contributed by atoms with Crippen LogP contribution in [0, 0.1) is 0 Å². The summed E-state index contributed by atoms with van der Waals surface area (Å²) in [4.78, 5) is 26.1. The largest absolute Gasteiger partial charge is 0.573 e. The Bertz CT molecular complexity index is 1230. The molecule has 0 fully saturated rings. The van der Waals surface area contributed by atoms with Gasteiger partial charge in [0.05, 0.1) is 4.90 Å². The number of aromatic nitrogens is 1. The van der Waals surface area contributed by atoms with Crippen molar-refractivity contribution in [1.29, 1.82) is 0 Å². The first-order valence-corrected chi connectivity index (χ1v) is 11.0. The van der Waals surface area contributed by atoms with Crippen molar-refractivity contribution < 1.29 is 46.1 Å². The molecule has 0 saturated heterocycles. The molecule has 0 spiro atoms. The van der Waals surface area contributed by atoms with Gasteiger partial charge in [-0.2, -0.15) is 4.31 Å². The van der Waals surface area contributed by atoms with Crippen molar-refractivity contribution in [3.8, 4) is 11.5 Å². The number of alkyl halides is 3. The quantitative estimate of drug-likeness (QED) is 0.522. The van der Waals surface area contributed by atoms with E-state index in [0.29, 0.717) is 11.1 Å². The van der Waals surface area contributed by atoms with Crippen molar-refractivity contribution >= 4 is 27.5 Å². The van der Waals surface area contributed by atoms with Crippen molar-refractivity contribution in [2.75, 3.05) is 19.6 Å². The van der Waals surface area contributed by atoms with E-state index in [1.54, 1.807) is 6.08 Å².